The summed E-state index contributed by atoms with van der Waals surface area (Å²) in [6.45, 7) is 9.11. The lowest BCUT2D eigenvalue weighted by atomic mass is 10.0. The van der Waals surface area contributed by atoms with Crippen molar-refractivity contribution >= 4 is 43.3 Å². The maximum Gasteiger partial charge on any atom is 0.256 e. The quantitative estimate of drug-likeness (QED) is 0.393. The number of aryl methyl sites for hydroxylation is 3. The van der Waals surface area contributed by atoms with Crippen molar-refractivity contribution in [1.29, 1.82) is 0 Å². The van der Waals surface area contributed by atoms with Crippen LogP contribution < -0.4 is 5.32 Å². The Morgan fingerprint density at radius 2 is 1.81 bits per heavy atom. The lowest BCUT2D eigenvalue weighted by Gasteiger charge is -2.30. The van der Waals surface area contributed by atoms with Crippen LogP contribution in [0.1, 0.15) is 46.9 Å². The van der Waals surface area contributed by atoms with Crippen LogP contribution in [0.15, 0.2) is 47.4 Å². The fourth-order valence-corrected chi connectivity index (χ4v) is 7.08. The molecule has 4 aromatic rings. The first-order chi connectivity index (χ1) is 17.1. The molecule has 1 atom stereocenters. The van der Waals surface area contributed by atoms with Crippen molar-refractivity contribution in [2.75, 3.05) is 18.4 Å². The zero-order valence-electron chi connectivity index (χ0n) is 20.8. The van der Waals surface area contributed by atoms with E-state index in [2.05, 4.69) is 43.3 Å². The van der Waals surface area contributed by atoms with Gasteiger partial charge in [0.1, 0.15) is 5.82 Å². The molecule has 0 aliphatic carbocycles. The van der Waals surface area contributed by atoms with Gasteiger partial charge in [0.15, 0.2) is 0 Å². The van der Waals surface area contributed by atoms with Crippen molar-refractivity contribution in [3.63, 3.8) is 0 Å². The highest BCUT2D eigenvalue weighted by Crippen LogP contribution is 2.30. The molecule has 2 aromatic carbocycles. The van der Waals surface area contributed by atoms with E-state index in [4.69, 9.17) is 4.98 Å². The molecule has 1 aliphatic rings. The van der Waals surface area contributed by atoms with Crippen molar-refractivity contribution in [1.82, 2.24) is 19.1 Å². The zero-order chi connectivity index (χ0) is 25.6. The lowest BCUT2D eigenvalue weighted by molar-refractivity contribution is 0.102. The van der Waals surface area contributed by atoms with E-state index in [0.717, 1.165) is 28.8 Å². The third kappa shape index (κ3) is 4.68. The molecule has 0 bridgehead atoms. The van der Waals surface area contributed by atoms with Gasteiger partial charge in [-0.2, -0.15) is 14.1 Å². The predicted octanol–water partition coefficient (Wildman–Crippen LogP) is 5.08. The van der Waals surface area contributed by atoms with Crippen molar-refractivity contribution < 1.29 is 13.2 Å². The number of benzene rings is 2. The molecule has 1 unspecified atom stereocenters. The van der Waals surface area contributed by atoms with Crippen LogP contribution in [0.25, 0.3) is 15.3 Å². The molecule has 10 heteroatoms. The summed E-state index contributed by atoms with van der Waals surface area (Å²) < 4.78 is 30.3. The Balaban J connectivity index is 1.37. The molecule has 1 saturated heterocycles. The number of rotatable bonds is 5. The van der Waals surface area contributed by atoms with Gasteiger partial charge >= 0.3 is 0 Å². The Bertz CT molecular complexity index is 1520. The van der Waals surface area contributed by atoms with Crippen LogP contribution in [-0.2, 0) is 10.0 Å². The number of nitrogens with zero attached hydrogens (tertiary/aromatic N) is 4. The molecule has 8 nitrogen and oxygen atoms in total. The lowest BCUT2D eigenvalue weighted by Crippen LogP contribution is -2.39. The Labute approximate surface area is 215 Å². The number of thiazole rings is 1. The van der Waals surface area contributed by atoms with Gasteiger partial charge in [-0.15, -0.1) is 0 Å². The van der Waals surface area contributed by atoms with Gasteiger partial charge in [-0.05, 0) is 87.1 Å². The topological polar surface area (TPSA) is 97.2 Å². The smallest absolute Gasteiger partial charge is 0.256 e. The van der Waals surface area contributed by atoms with Crippen LogP contribution in [0.3, 0.4) is 0 Å². The minimum atomic E-state index is -3.57. The number of sulfonamides is 1. The van der Waals surface area contributed by atoms with Gasteiger partial charge < -0.3 is 5.32 Å². The van der Waals surface area contributed by atoms with Gasteiger partial charge in [-0.3, -0.25) is 4.79 Å². The van der Waals surface area contributed by atoms with Gasteiger partial charge in [0, 0.05) is 24.7 Å². The molecule has 0 saturated carbocycles. The summed E-state index contributed by atoms with van der Waals surface area (Å²) in [5, 5.41) is 8.11. The molecule has 2 aromatic heterocycles. The van der Waals surface area contributed by atoms with Gasteiger partial charge in [-0.1, -0.05) is 18.3 Å². The monoisotopic (exact) mass is 523 g/mol. The second-order valence-corrected chi connectivity index (χ2v) is 12.5. The van der Waals surface area contributed by atoms with E-state index < -0.39 is 10.0 Å². The van der Waals surface area contributed by atoms with Crippen molar-refractivity contribution in [3.8, 4) is 5.13 Å². The van der Waals surface area contributed by atoms with Crippen LogP contribution >= 0.6 is 11.3 Å². The van der Waals surface area contributed by atoms with E-state index >= 15 is 0 Å². The highest BCUT2D eigenvalue weighted by atomic mass is 32.2. The second kappa shape index (κ2) is 9.42. The second-order valence-electron chi connectivity index (χ2n) is 9.57. The number of aromatic nitrogens is 3. The highest BCUT2D eigenvalue weighted by molar-refractivity contribution is 7.89. The Morgan fingerprint density at radius 1 is 1.08 bits per heavy atom. The maximum absolute atomic E-state index is 13.0. The van der Waals surface area contributed by atoms with E-state index in [0.29, 0.717) is 35.5 Å². The van der Waals surface area contributed by atoms with Gasteiger partial charge in [0.25, 0.3) is 5.91 Å². The summed E-state index contributed by atoms with van der Waals surface area (Å²) in [4.78, 5) is 18.0. The molecular weight excluding hydrogens is 494 g/mol. The summed E-state index contributed by atoms with van der Waals surface area (Å²) in [6, 6.07) is 12.1. The standard InChI is InChI=1S/C26H29N5O3S2/c1-16-6-5-11-30(15-16)36(33,34)21-9-7-20(8-10-21)25(32)28-24-14-19(4)29-31(24)26-27-22-12-17(2)18(3)13-23(22)35-26/h7-10,12-14,16H,5-6,11,15H2,1-4H3,(H,28,32). The molecule has 3 heterocycles. The molecule has 5 rings (SSSR count). The SMILES string of the molecule is Cc1cc(NC(=O)c2ccc(S(=O)(=O)N3CCCC(C)C3)cc2)n(-c2nc3cc(C)c(C)cc3s2)n1. The molecule has 1 fully saturated rings. The predicted molar refractivity (Wildman–Crippen MR) is 143 cm³/mol. The number of fused-ring (bicyclic) bond motifs is 1. The van der Waals surface area contributed by atoms with E-state index in [1.54, 1.807) is 27.2 Å². The largest absolute Gasteiger partial charge is 0.306 e. The number of carbonyl (C=O) groups excluding carboxylic acids is 1. The van der Waals surface area contributed by atoms with E-state index in [1.165, 1.54) is 34.6 Å². The maximum atomic E-state index is 13.0. The molecule has 188 valence electrons. The fraction of sp³-hybridized carbons (Fsp3) is 0.346. The van der Waals surface area contributed by atoms with Gasteiger partial charge in [-0.25, -0.2) is 13.4 Å². The van der Waals surface area contributed by atoms with Crippen molar-refractivity contribution in [3.05, 3.63) is 64.8 Å². The summed E-state index contributed by atoms with van der Waals surface area (Å²) in [6.07, 6.45) is 1.90. The minimum absolute atomic E-state index is 0.203. The number of amides is 1. The highest BCUT2D eigenvalue weighted by Gasteiger charge is 2.28. The molecule has 1 aliphatic heterocycles. The number of hydrogen-bond acceptors (Lipinski definition) is 6. The van der Waals surface area contributed by atoms with Crippen LogP contribution in [0.4, 0.5) is 5.82 Å². The first kappa shape index (κ1) is 24.6. The number of piperidine rings is 1. The zero-order valence-corrected chi connectivity index (χ0v) is 22.4. The van der Waals surface area contributed by atoms with Crippen LogP contribution in [0.2, 0.25) is 0 Å². The summed E-state index contributed by atoms with van der Waals surface area (Å²) in [5.74, 6) is 0.499. The number of anilines is 1. The fourth-order valence-electron chi connectivity index (χ4n) is 4.47. The number of nitrogens with one attached hydrogen (secondary N) is 1. The first-order valence-corrected chi connectivity index (χ1v) is 14.2. The van der Waals surface area contributed by atoms with Gasteiger partial charge in [0.2, 0.25) is 15.2 Å². The Kier molecular flexibility index (Phi) is 6.44. The average molecular weight is 524 g/mol. The minimum Gasteiger partial charge on any atom is -0.306 e. The van der Waals surface area contributed by atoms with Crippen LogP contribution in [-0.4, -0.2) is 46.5 Å². The molecule has 1 N–H and O–H groups in total. The third-order valence-corrected chi connectivity index (χ3v) is 9.49. The normalized spacial score (nSPS) is 16.9. The molecular formula is C26H29N5O3S2. The van der Waals surface area contributed by atoms with Crippen molar-refractivity contribution in [2.24, 2.45) is 5.92 Å². The van der Waals surface area contributed by atoms with Gasteiger partial charge in [0.05, 0.1) is 20.8 Å². The average Bonchev–Trinajstić information content (AvgIpc) is 3.41. The summed E-state index contributed by atoms with van der Waals surface area (Å²) >= 11 is 1.51. The van der Waals surface area contributed by atoms with E-state index in [-0.39, 0.29) is 10.8 Å². The number of carbonyl (C=O) groups is 1. The third-order valence-electron chi connectivity index (χ3n) is 6.62. The molecule has 0 spiro atoms. The molecule has 0 radical (unpaired) electrons. The molecule has 36 heavy (non-hydrogen) atoms. The summed E-state index contributed by atoms with van der Waals surface area (Å²) in [7, 11) is -3.57. The Morgan fingerprint density at radius 3 is 2.53 bits per heavy atom. The van der Waals surface area contributed by atoms with E-state index in [9.17, 15) is 13.2 Å². The first-order valence-electron chi connectivity index (χ1n) is 12.0. The van der Waals surface area contributed by atoms with Crippen LogP contribution in [0.5, 0.6) is 0 Å². The Hall–Kier alpha value is -3.08. The summed E-state index contributed by atoms with van der Waals surface area (Å²) in [5.41, 5.74) is 4.37. The number of hydrogen-bond donors (Lipinski definition) is 1. The van der Waals surface area contributed by atoms with Crippen LogP contribution in [0, 0.1) is 26.7 Å². The van der Waals surface area contributed by atoms with E-state index in [1.807, 2.05) is 6.92 Å². The molecule has 1 amide bonds. The van der Waals surface area contributed by atoms with Crippen molar-refractivity contribution in [2.45, 2.75) is 45.4 Å².